The lowest BCUT2D eigenvalue weighted by atomic mass is 9.98. The zero-order chi connectivity index (χ0) is 25.6. The number of benzene rings is 3. The van der Waals surface area contributed by atoms with Crippen LogP contribution in [0.25, 0.3) is 11.1 Å². The lowest BCUT2D eigenvalue weighted by Gasteiger charge is -2.38. The van der Waals surface area contributed by atoms with Crippen molar-refractivity contribution in [3.05, 3.63) is 108 Å². The topological polar surface area (TPSA) is 53.4 Å². The molecule has 0 aliphatic carbocycles. The monoisotopic (exact) mass is 493 g/mol. The number of hydrogen-bond donors (Lipinski definition) is 1. The number of rotatable bonds is 8. The molecule has 6 heteroatoms. The number of carbonyl (C=O) groups excluding carboxylic acids is 1. The lowest BCUT2D eigenvalue weighted by Crippen LogP contribution is -2.48. The molecule has 0 saturated carbocycles. The zero-order valence-corrected chi connectivity index (χ0v) is 21.7. The highest BCUT2D eigenvalue weighted by Gasteiger charge is 2.19. The number of aromatic nitrogens is 2. The maximum Gasteiger partial charge on any atom is 0.251 e. The van der Waals surface area contributed by atoms with Gasteiger partial charge in [0.1, 0.15) is 0 Å². The van der Waals surface area contributed by atoms with Crippen molar-refractivity contribution in [2.45, 2.75) is 33.0 Å². The smallest absolute Gasteiger partial charge is 0.251 e. The molecule has 3 aromatic carbocycles. The summed E-state index contributed by atoms with van der Waals surface area (Å²) in [5.74, 6) is -0.0540. The zero-order valence-electron chi connectivity index (χ0n) is 21.7. The molecule has 1 aliphatic rings. The molecule has 0 unspecified atom stereocenters. The largest absolute Gasteiger partial charge is 0.369 e. The Bertz CT molecular complexity index is 1290. The molecule has 6 nitrogen and oxygen atoms in total. The van der Waals surface area contributed by atoms with E-state index in [0.29, 0.717) is 18.2 Å². The molecule has 1 saturated heterocycles. The van der Waals surface area contributed by atoms with Gasteiger partial charge in [0.15, 0.2) is 0 Å². The Morgan fingerprint density at radius 1 is 0.919 bits per heavy atom. The molecular weight excluding hydrogens is 458 g/mol. The highest BCUT2D eigenvalue weighted by Crippen LogP contribution is 2.25. The minimum absolute atomic E-state index is 0.0540. The van der Waals surface area contributed by atoms with E-state index in [1.165, 1.54) is 11.3 Å². The van der Waals surface area contributed by atoms with Gasteiger partial charge in [0, 0.05) is 69.0 Å². The second kappa shape index (κ2) is 11.4. The van der Waals surface area contributed by atoms with Crippen molar-refractivity contribution in [1.82, 2.24) is 19.8 Å². The number of piperazine rings is 1. The van der Waals surface area contributed by atoms with Gasteiger partial charge in [0.25, 0.3) is 5.91 Å². The molecule has 4 aromatic rings. The van der Waals surface area contributed by atoms with Crippen molar-refractivity contribution in [3.63, 3.8) is 0 Å². The van der Waals surface area contributed by atoms with Gasteiger partial charge >= 0.3 is 0 Å². The van der Waals surface area contributed by atoms with Crippen LogP contribution in [0.1, 0.15) is 35.3 Å². The van der Waals surface area contributed by atoms with Crippen LogP contribution in [0.4, 0.5) is 5.69 Å². The van der Waals surface area contributed by atoms with Gasteiger partial charge in [0.2, 0.25) is 0 Å². The Hall–Kier alpha value is -3.90. The predicted octanol–water partition coefficient (Wildman–Crippen LogP) is 5.06. The molecular formula is C31H35N5O. The van der Waals surface area contributed by atoms with E-state index in [0.717, 1.165) is 49.4 Å². The van der Waals surface area contributed by atoms with Crippen molar-refractivity contribution >= 4 is 11.6 Å². The first kappa shape index (κ1) is 24.8. The Kier molecular flexibility index (Phi) is 7.66. The standard InChI is InChI=1S/C31H35N5O/c1-24(2)35-17-19-36(20-18-35)29-13-11-27(12-14-29)31(37)33-21-28-5-3-4-6-30(28)26-9-7-25(8-10-26)22-34-16-15-32-23-34/h3-16,23-24H,17-22H2,1-2H3,(H,33,37). The van der Waals surface area contributed by atoms with Crippen LogP contribution in [-0.2, 0) is 13.1 Å². The summed E-state index contributed by atoms with van der Waals surface area (Å²) < 4.78 is 2.05. The lowest BCUT2D eigenvalue weighted by molar-refractivity contribution is 0.0951. The second-order valence-electron chi connectivity index (χ2n) is 9.94. The quantitative estimate of drug-likeness (QED) is 0.373. The Morgan fingerprint density at radius 3 is 2.32 bits per heavy atom. The Morgan fingerprint density at radius 2 is 1.65 bits per heavy atom. The average Bonchev–Trinajstić information content (AvgIpc) is 3.45. The molecule has 0 radical (unpaired) electrons. The van der Waals surface area contributed by atoms with Crippen LogP contribution < -0.4 is 10.2 Å². The number of amides is 1. The number of hydrogen-bond acceptors (Lipinski definition) is 4. The van der Waals surface area contributed by atoms with Gasteiger partial charge in [-0.1, -0.05) is 48.5 Å². The summed E-state index contributed by atoms with van der Waals surface area (Å²) in [6.45, 7) is 9.97. The van der Waals surface area contributed by atoms with Gasteiger partial charge in [-0.05, 0) is 60.4 Å². The first-order valence-corrected chi connectivity index (χ1v) is 13.1. The van der Waals surface area contributed by atoms with Crippen LogP contribution in [0.15, 0.2) is 91.5 Å². The Balaban J connectivity index is 1.20. The number of nitrogens with zero attached hydrogens (tertiary/aromatic N) is 4. The highest BCUT2D eigenvalue weighted by atomic mass is 16.1. The van der Waals surface area contributed by atoms with Gasteiger partial charge < -0.3 is 14.8 Å². The molecule has 1 amide bonds. The van der Waals surface area contributed by atoms with E-state index in [1.54, 1.807) is 6.20 Å². The second-order valence-corrected chi connectivity index (χ2v) is 9.94. The summed E-state index contributed by atoms with van der Waals surface area (Å²) in [4.78, 5) is 21.9. The van der Waals surface area contributed by atoms with Crippen LogP contribution in [0.5, 0.6) is 0 Å². The van der Waals surface area contributed by atoms with Gasteiger partial charge in [-0.15, -0.1) is 0 Å². The molecule has 0 spiro atoms. The Labute approximate surface area is 219 Å². The van der Waals surface area contributed by atoms with E-state index in [9.17, 15) is 4.79 Å². The van der Waals surface area contributed by atoms with E-state index in [2.05, 4.69) is 87.0 Å². The predicted molar refractivity (Wildman–Crippen MR) is 150 cm³/mol. The van der Waals surface area contributed by atoms with Crippen molar-refractivity contribution < 1.29 is 4.79 Å². The van der Waals surface area contributed by atoms with Crippen LogP contribution in [-0.4, -0.2) is 52.6 Å². The highest BCUT2D eigenvalue weighted by molar-refractivity contribution is 5.94. The normalized spacial score (nSPS) is 14.2. The molecule has 2 heterocycles. The van der Waals surface area contributed by atoms with E-state index < -0.39 is 0 Å². The van der Waals surface area contributed by atoms with Crippen LogP contribution in [0.3, 0.4) is 0 Å². The van der Waals surface area contributed by atoms with E-state index in [4.69, 9.17) is 0 Å². The summed E-state index contributed by atoms with van der Waals surface area (Å²) >= 11 is 0. The van der Waals surface area contributed by atoms with Gasteiger partial charge in [0.05, 0.1) is 6.33 Å². The number of nitrogens with one attached hydrogen (secondary N) is 1. The maximum atomic E-state index is 12.9. The average molecular weight is 494 g/mol. The molecule has 1 fully saturated rings. The SMILES string of the molecule is CC(C)N1CCN(c2ccc(C(=O)NCc3ccccc3-c3ccc(Cn4ccnc4)cc3)cc2)CC1. The van der Waals surface area contributed by atoms with E-state index >= 15 is 0 Å². The molecule has 37 heavy (non-hydrogen) atoms. The van der Waals surface area contributed by atoms with Crippen LogP contribution in [0.2, 0.25) is 0 Å². The first-order valence-electron chi connectivity index (χ1n) is 13.1. The van der Waals surface area contributed by atoms with Crippen LogP contribution >= 0.6 is 0 Å². The van der Waals surface area contributed by atoms with Crippen molar-refractivity contribution in [2.75, 3.05) is 31.1 Å². The summed E-state index contributed by atoms with van der Waals surface area (Å²) in [7, 11) is 0. The molecule has 0 bridgehead atoms. The van der Waals surface area contributed by atoms with E-state index in [1.807, 2.05) is 36.8 Å². The minimum atomic E-state index is -0.0540. The third kappa shape index (κ3) is 6.09. The number of anilines is 1. The molecule has 5 rings (SSSR count). The molecule has 0 atom stereocenters. The van der Waals surface area contributed by atoms with Gasteiger partial charge in [-0.2, -0.15) is 0 Å². The summed E-state index contributed by atoms with van der Waals surface area (Å²) in [5.41, 5.74) is 6.46. The number of imidazole rings is 1. The number of carbonyl (C=O) groups is 1. The fourth-order valence-corrected chi connectivity index (χ4v) is 4.93. The molecule has 1 N–H and O–H groups in total. The molecule has 1 aliphatic heterocycles. The summed E-state index contributed by atoms with van der Waals surface area (Å²) in [6, 6.07) is 25.4. The summed E-state index contributed by atoms with van der Waals surface area (Å²) in [6.07, 6.45) is 5.59. The fraction of sp³-hybridized carbons (Fsp3) is 0.290. The van der Waals surface area contributed by atoms with Gasteiger partial charge in [-0.3, -0.25) is 9.69 Å². The van der Waals surface area contributed by atoms with E-state index in [-0.39, 0.29) is 5.91 Å². The molecule has 190 valence electrons. The van der Waals surface area contributed by atoms with Crippen molar-refractivity contribution in [1.29, 1.82) is 0 Å². The third-order valence-corrected chi connectivity index (χ3v) is 7.19. The fourth-order valence-electron chi connectivity index (χ4n) is 4.93. The minimum Gasteiger partial charge on any atom is -0.369 e. The van der Waals surface area contributed by atoms with Crippen LogP contribution in [0, 0.1) is 0 Å². The molecule has 1 aromatic heterocycles. The first-order chi connectivity index (χ1) is 18.1. The van der Waals surface area contributed by atoms with Gasteiger partial charge in [-0.25, -0.2) is 4.98 Å². The maximum absolute atomic E-state index is 12.9. The van der Waals surface area contributed by atoms with Crippen molar-refractivity contribution in [2.24, 2.45) is 0 Å². The summed E-state index contributed by atoms with van der Waals surface area (Å²) in [5, 5.41) is 3.11. The third-order valence-electron chi connectivity index (χ3n) is 7.19. The van der Waals surface area contributed by atoms with Crippen molar-refractivity contribution in [3.8, 4) is 11.1 Å².